The molecule has 1 amide bonds. The molecule has 0 unspecified atom stereocenters. The molecule has 2 saturated heterocycles. The Morgan fingerprint density at radius 1 is 1.12 bits per heavy atom. The SMILES string of the molecule is CC1(C(=O)N2CCC(c3cccc(-c4onc5ccc(-c6nn[nH]n6)cc45)c3)CC2)COC1. The quantitative estimate of drug-likeness (QED) is 0.513. The van der Waals surface area contributed by atoms with E-state index in [1.165, 1.54) is 5.56 Å². The Kier molecular flexibility index (Phi) is 4.72. The van der Waals surface area contributed by atoms with Crippen LogP contribution in [0.4, 0.5) is 0 Å². The normalized spacial score (nSPS) is 18.4. The first-order chi connectivity index (χ1) is 16.1. The Bertz CT molecular complexity index is 1300. The molecule has 0 radical (unpaired) electrons. The number of likely N-dealkylation sites (tertiary alicyclic amines) is 1. The fourth-order valence-electron chi connectivity index (χ4n) is 4.84. The summed E-state index contributed by atoms with van der Waals surface area (Å²) in [6.45, 7) is 4.63. The topological polar surface area (TPSA) is 110 Å². The van der Waals surface area contributed by atoms with E-state index in [0.717, 1.165) is 53.7 Å². The lowest BCUT2D eigenvalue weighted by Gasteiger charge is -2.42. The molecule has 0 spiro atoms. The summed E-state index contributed by atoms with van der Waals surface area (Å²) < 4.78 is 11.0. The van der Waals surface area contributed by atoms with Crippen molar-refractivity contribution in [3.63, 3.8) is 0 Å². The summed E-state index contributed by atoms with van der Waals surface area (Å²) in [5.74, 6) is 1.89. The lowest BCUT2D eigenvalue weighted by Crippen LogP contribution is -2.54. The van der Waals surface area contributed by atoms with Gasteiger partial charge in [-0.1, -0.05) is 23.4 Å². The molecule has 0 saturated carbocycles. The number of hydrogen-bond acceptors (Lipinski definition) is 7. The van der Waals surface area contributed by atoms with Crippen molar-refractivity contribution in [1.82, 2.24) is 30.7 Å². The van der Waals surface area contributed by atoms with E-state index in [2.05, 4.69) is 44.0 Å². The van der Waals surface area contributed by atoms with E-state index in [1.807, 2.05) is 36.1 Å². The van der Waals surface area contributed by atoms with Crippen LogP contribution in [0, 0.1) is 5.41 Å². The number of H-pyrrole nitrogens is 1. The number of rotatable bonds is 4. The molecule has 2 aromatic heterocycles. The van der Waals surface area contributed by atoms with Crippen molar-refractivity contribution in [2.24, 2.45) is 5.41 Å². The Hall–Kier alpha value is -3.59. The molecule has 9 nitrogen and oxygen atoms in total. The minimum atomic E-state index is -0.333. The molecule has 2 fully saturated rings. The number of carbonyl (C=O) groups excluding carboxylic acids is 1. The molecule has 2 aliphatic rings. The minimum Gasteiger partial charge on any atom is -0.379 e. The second-order valence-corrected chi connectivity index (χ2v) is 9.22. The van der Waals surface area contributed by atoms with Crippen LogP contribution >= 0.6 is 0 Å². The summed E-state index contributed by atoms with van der Waals surface area (Å²) >= 11 is 0. The van der Waals surface area contributed by atoms with E-state index in [1.54, 1.807) is 0 Å². The number of hydrogen-bond donors (Lipinski definition) is 1. The highest BCUT2D eigenvalue weighted by Gasteiger charge is 2.44. The van der Waals surface area contributed by atoms with Gasteiger partial charge in [-0.15, -0.1) is 10.2 Å². The van der Waals surface area contributed by atoms with Crippen molar-refractivity contribution < 1.29 is 14.1 Å². The van der Waals surface area contributed by atoms with Gasteiger partial charge in [-0.05, 0) is 60.7 Å². The average molecular weight is 444 g/mol. The van der Waals surface area contributed by atoms with E-state index in [4.69, 9.17) is 9.26 Å². The minimum absolute atomic E-state index is 0.228. The van der Waals surface area contributed by atoms with Gasteiger partial charge in [0.05, 0.1) is 24.0 Å². The fraction of sp³-hybridized carbons (Fsp3) is 0.375. The first-order valence-corrected chi connectivity index (χ1v) is 11.2. The molecule has 33 heavy (non-hydrogen) atoms. The van der Waals surface area contributed by atoms with Crippen LogP contribution in [0.25, 0.3) is 33.6 Å². The summed E-state index contributed by atoms with van der Waals surface area (Å²) in [6, 6.07) is 14.2. The van der Waals surface area contributed by atoms with Gasteiger partial charge in [-0.2, -0.15) is 5.21 Å². The Labute approximate surface area is 190 Å². The predicted octanol–water partition coefficient (Wildman–Crippen LogP) is 3.42. The van der Waals surface area contributed by atoms with Gasteiger partial charge in [0, 0.05) is 24.2 Å². The molecule has 168 valence electrons. The predicted molar refractivity (Wildman–Crippen MR) is 120 cm³/mol. The highest BCUT2D eigenvalue weighted by molar-refractivity contribution is 5.94. The summed E-state index contributed by atoms with van der Waals surface area (Å²) in [5, 5.41) is 19.4. The Balaban J connectivity index is 1.23. The number of benzene rings is 2. The second kappa shape index (κ2) is 7.77. The average Bonchev–Trinajstić information content (AvgIpc) is 3.52. The van der Waals surface area contributed by atoms with Gasteiger partial charge < -0.3 is 14.2 Å². The number of tetrazole rings is 1. The molecule has 0 atom stereocenters. The highest BCUT2D eigenvalue weighted by atomic mass is 16.5. The molecule has 2 aliphatic heterocycles. The number of fused-ring (bicyclic) bond motifs is 1. The molecule has 4 heterocycles. The summed E-state index contributed by atoms with van der Waals surface area (Å²) in [6.07, 6.45) is 1.90. The fourth-order valence-corrected chi connectivity index (χ4v) is 4.84. The van der Waals surface area contributed by atoms with Gasteiger partial charge in [0.25, 0.3) is 0 Å². The number of ether oxygens (including phenoxy) is 1. The van der Waals surface area contributed by atoms with Crippen LogP contribution < -0.4 is 0 Å². The smallest absolute Gasteiger partial charge is 0.233 e. The van der Waals surface area contributed by atoms with E-state index in [9.17, 15) is 4.79 Å². The maximum Gasteiger partial charge on any atom is 0.233 e. The van der Waals surface area contributed by atoms with Gasteiger partial charge in [0.2, 0.25) is 11.7 Å². The molecule has 6 rings (SSSR count). The van der Waals surface area contributed by atoms with Gasteiger partial charge >= 0.3 is 0 Å². The van der Waals surface area contributed by atoms with Crippen LogP contribution in [0.2, 0.25) is 0 Å². The first kappa shape index (κ1) is 20.0. The van der Waals surface area contributed by atoms with Crippen LogP contribution in [0.3, 0.4) is 0 Å². The molecular formula is C24H24N6O3. The van der Waals surface area contributed by atoms with Crippen LogP contribution in [0.1, 0.15) is 31.2 Å². The van der Waals surface area contributed by atoms with Crippen LogP contribution in [-0.4, -0.2) is 62.9 Å². The summed E-state index contributed by atoms with van der Waals surface area (Å²) in [4.78, 5) is 14.8. The number of piperidine rings is 1. The molecule has 2 aromatic carbocycles. The van der Waals surface area contributed by atoms with Crippen LogP contribution in [-0.2, 0) is 9.53 Å². The standard InChI is InChI=1S/C24H24N6O3/c1-24(13-32-14-24)23(31)30-9-7-15(8-10-30)16-3-2-4-17(11-16)21-19-12-18(22-25-28-29-26-22)5-6-20(19)27-33-21/h2-6,11-12,15H,7-10,13-14H2,1H3,(H,25,26,28,29). The number of aromatic nitrogens is 5. The van der Waals surface area contributed by atoms with E-state index < -0.39 is 0 Å². The third-order valence-electron chi connectivity index (χ3n) is 6.84. The van der Waals surface area contributed by atoms with E-state index in [0.29, 0.717) is 25.0 Å². The molecule has 4 aromatic rings. The van der Waals surface area contributed by atoms with Crippen molar-refractivity contribution >= 4 is 16.8 Å². The summed E-state index contributed by atoms with van der Waals surface area (Å²) in [7, 11) is 0. The van der Waals surface area contributed by atoms with Gasteiger partial charge in [-0.25, -0.2) is 0 Å². The maximum absolute atomic E-state index is 12.8. The number of nitrogens with zero attached hydrogens (tertiary/aromatic N) is 5. The van der Waals surface area contributed by atoms with E-state index >= 15 is 0 Å². The Morgan fingerprint density at radius 2 is 1.97 bits per heavy atom. The zero-order valence-electron chi connectivity index (χ0n) is 18.3. The largest absolute Gasteiger partial charge is 0.379 e. The van der Waals surface area contributed by atoms with Crippen molar-refractivity contribution in [2.75, 3.05) is 26.3 Å². The van der Waals surface area contributed by atoms with Crippen LogP contribution in [0.15, 0.2) is 47.0 Å². The maximum atomic E-state index is 12.8. The third kappa shape index (κ3) is 3.48. The van der Waals surface area contributed by atoms with Gasteiger partial charge in [-0.3, -0.25) is 4.79 Å². The number of carbonyl (C=O) groups is 1. The molecule has 9 heteroatoms. The number of aromatic amines is 1. The molecule has 1 N–H and O–H groups in total. The van der Waals surface area contributed by atoms with Crippen molar-refractivity contribution in [3.05, 3.63) is 48.0 Å². The number of nitrogens with one attached hydrogen (secondary N) is 1. The summed E-state index contributed by atoms with van der Waals surface area (Å²) in [5.41, 5.74) is 3.54. The lowest BCUT2D eigenvalue weighted by atomic mass is 9.84. The third-order valence-corrected chi connectivity index (χ3v) is 6.84. The monoisotopic (exact) mass is 444 g/mol. The van der Waals surface area contributed by atoms with Gasteiger partial charge in [0.15, 0.2) is 5.76 Å². The van der Waals surface area contributed by atoms with Crippen molar-refractivity contribution in [2.45, 2.75) is 25.7 Å². The molecule has 0 aliphatic carbocycles. The molecular weight excluding hydrogens is 420 g/mol. The first-order valence-electron chi connectivity index (χ1n) is 11.2. The van der Waals surface area contributed by atoms with Gasteiger partial charge in [0.1, 0.15) is 5.52 Å². The van der Waals surface area contributed by atoms with Crippen LogP contribution in [0.5, 0.6) is 0 Å². The lowest BCUT2D eigenvalue weighted by molar-refractivity contribution is -0.169. The zero-order valence-corrected chi connectivity index (χ0v) is 18.3. The highest BCUT2D eigenvalue weighted by Crippen LogP contribution is 2.36. The van der Waals surface area contributed by atoms with Crippen molar-refractivity contribution in [3.8, 4) is 22.7 Å². The van der Waals surface area contributed by atoms with Crippen molar-refractivity contribution in [1.29, 1.82) is 0 Å². The Morgan fingerprint density at radius 3 is 2.70 bits per heavy atom. The molecule has 0 bridgehead atoms. The number of amides is 1. The second-order valence-electron chi connectivity index (χ2n) is 9.22. The van der Waals surface area contributed by atoms with E-state index in [-0.39, 0.29) is 11.3 Å². The zero-order chi connectivity index (χ0) is 22.4.